The second-order valence-electron chi connectivity index (χ2n) is 13.1. The molecule has 1 heteroatoms. The van der Waals surface area contributed by atoms with E-state index in [9.17, 15) is 5.11 Å². The van der Waals surface area contributed by atoms with E-state index in [-0.39, 0.29) is 6.10 Å². The highest BCUT2D eigenvalue weighted by atomic mass is 16.3. The van der Waals surface area contributed by atoms with E-state index in [2.05, 4.69) is 34.6 Å². The number of hydrogen-bond acceptors (Lipinski definition) is 1. The Morgan fingerprint density at radius 3 is 2.33 bits per heavy atom. The van der Waals surface area contributed by atoms with E-state index in [1.807, 2.05) is 0 Å². The van der Waals surface area contributed by atoms with Gasteiger partial charge in [0, 0.05) is 0 Å². The van der Waals surface area contributed by atoms with Crippen LogP contribution in [0, 0.1) is 52.3 Å². The Morgan fingerprint density at radius 2 is 1.57 bits per heavy atom. The molecule has 0 radical (unpaired) electrons. The van der Waals surface area contributed by atoms with Gasteiger partial charge in [0.1, 0.15) is 0 Å². The van der Waals surface area contributed by atoms with E-state index in [4.69, 9.17) is 0 Å². The molecular weight excluding hydrogens is 364 g/mol. The minimum Gasteiger partial charge on any atom is -0.393 e. The first-order valence-electron chi connectivity index (χ1n) is 14.0. The number of rotatable bonds is 7. The lowest BCUT2D eigenvalue weighted by Gasteiger charge is -2.61. The van der Waals surface area contributed by atoms with Crippen molar-refractivity contribution < 1.29 is 5.11 Å². The molecule has 0 aromatic carbocycles. The Bertz CT molecular complexity index is 571. The number of hydrogen-bond donors (Lipinski definition) is 1. The molecule has 0 bridgehead atoms. The van der Waals surface area contributed by atoms with E-state index in [1.54, 1.807) is 0 Å². The molecule has 30 heavy (non-hydrogen) atoms. The zero-order chi connectivity index (χ0) is 21.5. The smallest absolute Gasteiger partial charge is 0.0543 e. The summed E-state index contributed by atoms with van der Waals surface area (Å²) in [7, 11) is 0. The molecule has 1 nitrogen and oxygen atoms in total. The number of aliphatic hydroxyl groups excluding tert-OH is 1. The predicted molar refractivity (Wildman–Crippen MR) is 128 cm³/mol. The Balaban J connectivity index is 1.40. The minimum atomic E-state index is -0.00904. The van der Waals surface area contributed by atoms with Crippen molar-refractivity contribution in [2.24, 2.45) is 52.3 Å². The summed E-state index contributed by atoms with van der Waals surface area (Å²) in [5.41, 5.74) is 1.15. The maximum absolute atomic E-state index is 10.3. The lowest BCUT2D eigenvalue weighted by atomic mass is 9.44. The van der Waals surface area contributed by atoms with Crippen molar-refractivity contribution in [2.45, 2.75) is 131 Å². The molecule has 4 fully saturated rings. The van der Waals surface area contributed by atoms with Crippen LogP contribution in [-0.4, -0.2) is 11.2 Å². The first-order chi connectivity index (χ1) is 14.3. The third-order valence-corrected chi connectivity index (χ3v) is 11.5. The molecule has 0 spiro atoms. The summed E-state index contributed by atoms with van der Waals surface area (Å²) in [5, 5.41) is 10.3. The van der Waals surface area contributed by atoms with Crippen LogP contribution in [0.5, 0.6) is 0 Å². The summed E-state index contributed by atoms with van der Waals surface area (Å²) in [4.78, 5) is 0. The Morgan fingerprint density at radius 1 is 0.833 bits per heavy atom. The fourth-order valence-electron chi connectivity index (χ4n) is 9.84. The molecule has 0 aromatic rings. The molecule has 4 aliphatic rings. The summed E-state index contributed by atoms with van der Waals surface area (Å²) in [5.74, 6) is 6.55. The molecule has 10 atom stereocenters. The van der Waals surface area contributed by atoms with Crippen molar-refractivity contribution in [2.75, 3.05) is 0 Å². The Kier molecular flexibility index (Phi) is 6.99. The van der Waals surface area contributed by atoms with E-state index in [0.29, 0.717) is 10.8 Å². The minimum absolute atomic E-state index is 0.00904. The fraction of sp³-hybridized carbons (Fsp3) is 1.00. The van der Waals surface area contributed by atoms with Crippen LogP contribution in [0.1, 0.15) is 125 Å². The van der Waals surface area contributed by atoms with Crippen LogP contribution in [0.2, 0.25) is 0 Å². The standard InChI is InChI=1S/C29H52O/c1-6-8-20(2)9-7-10-21(3)25-13-14-26-24-12-11-22-19-23(30)15-17-28(22,4)27(24)16-18-29(25,26)5/h20-27,30H,6-19H2,1-5H3/t20?,21-,22+,23+,24+,25-,26+,27+,28+,29-/m1/s1. The zero-order valence-electron chi connectivity index (χ0n) is 21.0. The summed E-state index contributed by atoms with van der Waals surface area (Å²) in [6, 6.07) is 0. The largest absolute Gasteiger partial charge is 0.393 e. The number of aliphatic hydroxyl groups is 1. The molecule has 174 valence electrons. The molecule has 0 aliphatic heterocycles. The first-order valence-corrected chi connectivity index (χ1v) is 14.0. The second kappa shape index (κ2) is 9.07. The van der Waals surface area contributed by atoms with Crippen LogP contribution in [0.25, 0.3) is 0 Å². The van der Waals surface area contributed by atoms with Crippen molar-refractivity contribution in [3.63, 3.8) is 0 Å². The van der Waals surface area contributed by atoms with Crippen LogP contribution < -0.4 is 0 Å². The Labute approximate surface area is 188 Å². The van der Waals surface area contributed by atoms with Gasteiger partial charge < -0.3 is 5.11 Å². The van der Waals surface area contributed by atoms with Crippen LogP contribution in [0.3, 0.4) is 0 Å². The van der Waals surface area contributed by atoms with Gasteiger partial charge in [-0.05, 0) is 110 Å². The first kappa shape index (κ1) is 23.1. The van der Waals surface area contributed by atoms with Gasteiger partial charge in [-0.25, -0.2) is 0 Å². The molecule has 0 heterocycles. The van der Waals surface area contributed by atoms with E-state index in [0.717, 1.165) is 54.3 Å². The predicted octanol–water partition coefficient (Wildman–Crippen LogP) is 8.25. The van der Waals surface area contributed by atoms with Crippen LogP contribution in [-0.2, 0) is 0 Å². The van der Waals surface area contributed by atoms with E-state index >= 15 is 0 Å². The lowest BCUT2D eigenvalue weighted by Crippen LogP contribution is -2.54. The van der Waals surface area contributed by atoms with Gasteiger partial charge in [0.2, 0.25) is 0 Å². The maximum atomic E-state index is 10.3. The van der Waals surface area contributed by atoms with Gasteiger partial charge in [0.15, 0.2) is 0 Å². The van der Waals surface area contributed by atoms with Gasteiger partial charge in [0.25, 0.3) is 0 Å². The van der Waals surface area contributed by atoms with Crippen molar-refractivity contribution in [1.29, 1.82) is 0 Å². The summed E-state index contributed by atoms with van der Waals surface area (Å²) < 4.78 is 0. The van der Waals surface area contributed by atoms with Crippen molar-refractivity contribution in [1.82, 2.24) is 0 Å². The highest BCUT2D eigenvalue weighted by Gasteiger charge is 2.60. The molecule has 0 saturated heterocycles. The lowest BCUT2D eigenvalue weighted by molar-refractivity contribution is -0.129. The normalized spacial score (nSPS) is 47.8. The molecular formula is C29H52O. The quantitative estimate of drug-likeness (QED) is 0.443. The second-order valence-corrected chi connectivity index (χ2v) is 13.1. The third-order valence-electron chi connectivity index (χ3n) is 11.5. The molecule has 4 aliphatic carbocycles. The molecule has 1 N–H and O–H groups in total. The van der Waals surface area contributed by atoms with Gasteiger partial charge in [-0.15, -0.1) is 0 Å². The number of fused-ring (bicyclic) bond motifs is 5. The topological polar surface area (TPSA) is 20.2 Å². The van der Waals surface area contributed by atoms with Crippen LogP contribution in [0.4, 0.5) is 0 Å². The van der Waals surface area contributed by atoms with Crippen molar-refractivity contribution in [3.05, 3.63) is 0 Å². The maximum Gasteiger partial charge on any atom is 0.0543 e. The molecule has 0 aromatic heterocycles. The monoisotopic (exact) mass is 416 g/mol. The molecule has 0 amide bonds. The molecule has 1 unspecified atom stereocenters. The molecule has 4 saturated carbocycles. The summed E-state index contributed by atoms with van der Waals surface area (Å²) in [6.45, 7) is 12.8. The van der Waals surface area contributed by atoms with Crippen LogP contribution in [0.15, 0.2) is 0 Å². The zero-order valence-corrected chi connectivity index (χ0v) is 21.0. The van der Waals surface area contributed by atoms with Crippen molar-refractivity contribution >= 4 is 0 Å². The fourth-order valence-corrected chi connectivity index (χ4v) is 9.84. The van der Waals surface area contributed by atoms with Crippen LogP contribution >= 0.6 is 0 Å². The van der Waals surface area contributed by atoms with Gasteiger partial charge in [0.05, 0.1) is 6.10 Å². The van der Waals surface area contributed by atoms with Crippen molar-refractivity contribution in [3.8, 4) is 0 Å². The average Bonchev–Trinajstić information content (AvgIpc) is 3.06. The molecule has 4 rings (SSSR count). The van der Waals surface area contributed by atoms with Gasteiger partial charge in [-0.3, -0.25) is 0 Å². The summed E-state index contributed by atoms with van der Waals surface area (Å²) in [6.07, 6.45) is 19.4. The summed E-state index contributed by atoms with van der Waals surface area (Å²) >= 11 is 0. The van der Waals surface area contributed by atoms with E-state index < -0.39 is 0 Å². The average molecular weight is 417 g/mol. The van der Waals surface area contributed by atoms with E-state index in [1.165, 1.54) is 77.0 Å². The van der Waals surface area contributed by atoms with Gasteiger partial charge in [-0.1, -0.05) is 66.7 Å². The SMILES string of the molecule is CCCC(C)CCC[C@@H](C)[C@H]1CC[C@H]2[C@@H]3CC[C@H]4C[C@@H](O)CC[C@]4(C)[C@H]3CC[C@]12C. The third kappa shape index (κ3) is 4.04. The Hall–Kier alpha value is -0.0400. The highest BCUT2D eigenvalue weighted by molar-refractivity contribution is 5.09. The highest BCUT2D eigenvalue weighted by Crippen LogP contribution is 2.68. The van der Waals surface area contributed by atoms with Gasteiger partial charge >= 0.3 is 0 Å². The van der Waals surface area contributed by atoms with Gasteiger partial charge in [-0.2, -0.15) is 0 Å².